The molecule has 1 atom stereocenters. The summed E-state index contributed by atoms with van der Waals surface area (Å²) >= 11 is 0. The molecule has 2 saturated carbocycles. The van der Waals surface area contributed by atoms with E-state index in [9.17, 15) is 0 Å². The van der Waals surface area contributed by atoms with Crippen LogP contribution in [0, 0.1) is 0 Å². The zero-order valence-electron chi connectivity index (χ0n) is 15.4. The van der Waals surface area contributed by atoms with Crippen molar-refractivity contribution >= 4 is 0 Å². The molecule has 0 spiro atoms. The minimum Gasteiger partial charge on any atom is -0.377 e. The van der Waals surface area contributed by atoms with E-state index in [0.29, 0.717) is 18.6 Å². The van der Waals surface area contributed by atoms with E-state index in [4.69, 9.17) is 4.74 Å². The summed E-state index contributed by atoms with van der Waals surface area (Å²) in [5, 5.41) is 16.6. The van der Waals surface area contributed by atoms with Gasteiger partial charge in [0.15, 0.2) is 11.6 Å². The predicted octanol–water partition coefficient (Wildman–Crippen LogP) is 2.48. The van der Waals surface area contributed by atoms with E-state index in [2.05, 4.69) is 34.8 Å². The van der Waals surface area contributed by atoms with Crippen LogP contribution in [-0.4, -0.2) is 48.5 Å². The summed E-state index contributed by atoms with van der Waals surface area (Å²) in [7, 11) is 1.68. The summed E-state index contributed by atoms with van der Waals surface area (Å²) in [6.45, 7) is 2.38. The molecule has 3 aliphatic rings. The van der Waals surface area contributed by atoms with E-state index in [1.54, 1.807) is 7.11 Å². The third kappa shape index (κ3) is 3.16. The van der Waals surface area contributed by atoms with Crippen LogP contribution < -0.4 is 0 Å². The lowest BCUT2D eigenvalue weighted by atomic mass is 10.0. The first-order valence-corrected chi connectivity index (χ1v) is 9.91. The van der Waals surface area contributed by atoms with Crippen LogP contribution in [-0.2, 0) is 17.9 Å². The molecule has 1 aliphatic heterocycles. The highest BCUT2D eigenvalue weighted by molar-refractivity contribution is 5.12. The molecule has 5 rings (SSSR count). The molecule has 0 radical (unpaired) electrons. The number of likely N-dealkylation sites (tertiary alicyclic amines) is 1. The molecule has 8 heteroatoms. The van der Waals surface area contributed by atoms with Gasteiger partial charge in [-0.1, -0.05) is 6.42 Å². The summed E-state index contributed by atoms with van der Waals surface area (Å²) in [4.78, 5) is 7.14. The number of nitrogens with one attached hydrogen (secondary N) is 1. The first-order valence-electron chi connectivity index (χ1n) is 9.91. The standard InChI is InChI=1S/C18H27N7O/c1-26-11-15-19-17(22-20-15)14-4-2-3-9-24(14)10-16-21-23-18(12-5-6-12)25(16)13-7-8-13/h12-14H,2-11H2,1H3,(H,19,20,22). The Morgan fingerprint density at radius 3 is 2.77 bits per heavy atom. The van der Waals surface area contributed by atoms with E-state index < -0.39 is 0 Å². The van der Waals surface area contributed by atoms with Crippen LogP contribution >= 0.6 is 0 Å². The normalized spacial score (nSPS) is 24.3. The fourth-order valence-corrected chi connectivity index (χ4v) is 4.11. The number of H-pyrrole nitrogens is 1. The molecule has 2 aliphatic carbocycles. The summed E-state index contributed by atoms with van der Waals surface area (Å²) in [5.41, 5.74) is 0. The number of methoxy groups -OCH3 is 1. The van der Waals surface area contributed by atoms with Crippen LogP contribution in [0.3, 0.4) is 0 Å². The molecular formula is C18H27N7O. The fourth-order valence-electron chi connectivity index (χ4n) is 4.11. The third-order valence-corrected chi connectivity index (χ3v) is 5.73. The molecule has 3 heterocycles. The second kappa shape index (κ2) is 6.74. The number of aromatic nitrogens is 6. The van der Waals surface area contributed by atoms with E-state index in [1.807, 2.05) is 0 Å². The van der Waals surface area contributed by atoms with Crippen molar-refractivity contribution in [1.82, 2.24) is 34.8 Å². The van der Waals surface area contributed by atoms with Gasteiger partial charge in [-0.3, -0.25) is 10.00 Å². The summed E-state index contributed by atoms with van der Waals surface area (Å²) in [6.07, 6.45) is 8.63. The van der Waals surface area contributed by atoms with E-state index in [0.717, 1.165) is 37.0 Å². The molecule has 2 aromatic rings. The number of rotatable bonds is 7. The summed E-state index contributed by atoms with van der Waals surface area (Å²) in [5.74, 6) is 4.70. The molecule has 8 nitrogen and oxygen atoms in total. The molecule has 1 saturated heterocycles. The first-order chi connectivity index (χ1) is 12.8. The molecule has 3 fully saturated rings. The average Bonchev–Trinajstić information content (AvgIpc) is 3.59. The summed E-state index contributed by atoms with van der Waals surface area (Å²) < 4.78 is 7.62. The number of hydrogen-bond acceptors (Lipinski definition) is 6. The maximum Gasteiger partial charge on any atom is 0.167 e. The van der Waals surface area contributed by atoms with E-state index in [-0.39, 0.29) is 6.04 Å². The van der Waals surface area contributed by atoms with Crippen molar-refractivity contribution in [3.63, 3.8) is 0 Å². The molecule has 140 valence electrons. The second-order valence-corrected chi connectivity index (χ2v) is 7.91. The Labute approximate surface area is 153 Å². The van der Waals surface area contributed by atoms with Gasteiger partial charge in [-0.25, -0.2) is 4.98 Å². The molecule has 1 N–H and O–H groups in total. The number of ether oxygens (including phenoxy) is 1. The van der Waals surface area contributed by atoms with Crippen molar-refractivity contribution in [3.05, 3.63) is 23.3 Å². The monoisotopic (exact) mass is 357 g/mol. The Kier molecular flexibility index (Phi) is 4.24. The predicted molar refractivity (Wildman–Crippen MR) is 94.4 cm³/mol. The zero-order valence-corrected chi connectivity index (χ0v) is 15.4. The van der Waals surface area contributed by atoms with Crippen molar-refractivity contribution in [3.8, 4) is 0 Å². The Bertz CT molecular complexity index is 761. The number of aromatic amines is 1. The van der Waals surface area contributed by atoms with Gasteiger partial charge in [0.25, 0.3) is 0 Å². The lowest BCUT2D eigenvalue weighted by Gasteiger charge is -2.33. The largest absolute Gasteiger partial charge is 0.377 e. The molecule has 0 bridgehead atoms. The zero-order chi connectivity index (χ0) is 17.5. The van der Waals surface area contributed by atoms with Crippen molar-refractivity contribution < 1.29 is 4.74 Å². The highest BCUT2D eigenvalue weighted by Gasteiger charge is 2.37. The quantitative estimate of drug-likeness (QED) is 0.819. The van der Waals surface area contributed by atoms with Crippen LogP contribution in [0.15, 0.2) is 0 Å². The molecule has 0 amide bonds. The van der Waals surface area contributed by atoms with Gasteiger partial charge in [0.1, 0.15) is 18.3 Å². The Balaban J connectivity index is 1.37. The average molecular weight is 357 g/mol. The van der Waals surface area contributed by atoms with E-state index in [1.165, 1.54) is 44.3 Å². The van der Waals surface area contributed by atoms with Gasteiger partial charge in [-0.05, 0) is 45.1 Å². The van der Waals surface area contributed by atoms with Crippen molar-refractivity contribution in [1.29, 1.82) is 0 Å². The minimum atomic E-state index is 0.249. The molecule has 2 aromatic heterocycles. The topological polar surface area (TPSA) is 84.8 Å². The van der Waals surface area contributed by atoms with Gasteiger partial charge in [-0.15, -0.1) is 10.2 Å². The van der Waals surface area contributed by atoms with Crippen LogP contribution in [0.1, 0.15) is 86.2 Å². The van der Waals surface area contributed by atoms with Crippen molar-refractivity contribution in [2.75, 3.05) is 13.7 Å². The molecule has 26 heavy (non-hydrogen) atoms. The number of hydrogen-bond donors (Lipinski definition) is 1. The smallest absolute Gasteiger partial charge is 0.167 e. The molecule has 0 aromatic carbocycles. The van der Waals surface area contributed by atoms with Crippen LogP contribution in [0.4, 0.5) is 0 Å². The van der Waals surface area contributed by atoms with Crippen molar-refractivity contribution in [2.24, 2.45) is 0 Å². The Morgan fingerprint density at radius 1 is 1.12 bits per heavy atom. The number of piperidine rings is 1. The van der Waals surface area contributed by atoms with Crippen LogP contribution in [0.5, 0.6) is 0 Å². The Morgan fingerprint density at radius 2 is 2.00 bits per heavy atom. The van der Waals surface area contributed by atoms with Gasteiger partial charge in [0, 0.05) is 19.1 Å². The van der Waals surface area contributed by atoms with Crippen LogP contribution in [0.25, 0.3) is 0 Å². The van der Waals surface area contributed by atoms with Crippen LogP contribution in [0.2, 0.25) is 0 Å². The minimum absolute atomic E-state index is 0.249. The SMILES string of the molecule is COCc1nc(C2CCCCN2Cc2nnc(C3CC3)n2C2CC2)n[nH]1. The third-order valence-electron chi connectivity index (χ3n) is 5.73. The second-order valence-electron chi connectivity index (χ2n) is 7.91. The maximum absolute atomic E-state index is 5.16. The Hall–Kier alpha value is -1.80. The van der Waals surface area contributed by atoms with Gasteiger partial charge < -0.3 is 9.30 Å². The molecular weight excluding hydrogens is 330 g/mol. The lowest BCUT2D eigenvalue weighted by Crippen LogP contribution is -2.34. The van der Waals surface area contributed by atoms with E-state index >= 15 is 0 Å². The van der Waals surface area contributed by atoms with Gasteiger partial charge >= 0.3 is 0 Å². The first kappa shape index (κ1) is 16.4. The highest BCUT2D eigenvalue weighted by atomic mass is 16.5. The molecule has 1 unspecified atom stereocenters. The highest BCUT2D eigenvalue weighted by Crippen LogP contribution is 2.45. The summed E-state index contributed by atoms with van der Waals surface area (Å²) in [6, 6.07) is 0.884. The van der Waals surface area contributed by atoms with Gasteiger partial charge in [-0.2, -0.15) is 5.10 Å². The van der Waals surface area contributed by atoms with Gasteiger partial charge in [0.05, 0.1) is 12.6 Å². The lowest BCUT2D eigenvalue weighted by molar-refractivity contribution is 0.128. The fraction of sp³-hybridized carbons (Fsp3) is 0.778. The van der Waals surface area contributed by atoms with Crippen molar-refractivity contribution in [2.45, 2.75) is 76.1 Å². The number of nitrogens with zero attached hydrogens (tertiary/aromatic N) is 6. The van der Waals surface area contributed by atoms with Gasteiger partial charge in [0.2, 0.25) is 0 Å². The maximum atomic E-state index is 5.16.